The molecule has 0 spiro atoms. The van der Waals surface area contributed by atoms with E-state index in [1.165, 1.54) is 28.6 Å². The van der Waals surface area contributed by atoms with Gasteiger partial charge in [0.1, 0.15) is 12.1 Å². The minimum Gasteiger partial charge on any atom is -0.494 e. The fourth-order valence-electron chi connectivity index (χ4n) is 6.77. The average Bonchev–Trinajstić information content (AvgIpc) is 3.75. The molecule has 1 unspecified atom stereocenters. The van der Waals surface area contributed by atoms with E-state index < -0.39 is 64.5 Å². The highest BCUT2D eigenvalue weighted by Crippen LogP contribution is 2.65. The van der Waals surface area contributed by atoms with Gasteiger partial charge in [-0.1, -0.05) is 68.2 Å². The molecule has 3 fully saturated rings. The van der Waals surface area contributed by atoms with Gasteiger partial charge in [-0.2, -0.15) is 0 Å². The lowest BCUT2D eigenvalue weighted by Gasteiger charge is -2.38. The molecule has 5 amide bonds. The number of amides is 5. The Morgan fingerprint density at radius 2 is 1.52 bits per heavy atom. The first-order valence-corrected chi connectivity index (χ1v) is 16.2. The molecule has 46 heavy (non-hydrogen) atoms. The number of likely N-dealkylation sites (N-methyl/N-ethyl adjacent to an activating group) is 1. The summed E-state index contributed by atoms with van der Waals surface area (Å²) >= 11 is 0. The van der Waals surface area contributed by atoms with E-state index in [-0.39, 0.29) is 41.5 Å². The molecule has 6 atom stereocenters. The SMILES string of the molecule is CNC(=O)C(=O)C(CC1CC1)NC(=O)[C@@H]1[C@@H]2[C@H](CN1C(=O)[C@@H](NC(=O)N[C@H](Cn1c(O)ccc1O)C(C)(C)C)C(C)(C)C)C2(C)C. The normalized spacial score (nSPS) is 23.8. The average molecular weight is 645 g/mol. The zero-order valence-corrected chi connectivity index (χ0v) is 28.6. The minimum atomic E-state index is -1.01. The van der Waals surface area contributed by atoms with Crippen molar-refractivity contribution in [3.8, 4) is 11.8 Å². The van der Waals surface area contributed by atoms with Crippen LogP contribution in [0, 0.1) is 34.0 Å². The summed E-state index contributed by atoms with van der Waals surface area (Å²) in [6.07, 6.45) is 2.24. The van der Waals surface area contributed by atoms with E-state index in [1.54, 1.807) is 0 Å². The largest absolute Gasteiger partial charge is 0.494 e. The first-order chi connectivity index (χ1) is 21.2. The van der Waals surface area contributed by atoms with Crippen molar-refractivity contribution < 1.29 is 34.2 Å². The molecule has 3 aliphatic rings. The van der Waals surface area contributed by atoms with Crippen LogP contribution in [0.25, 0.3) is 0 Å². The Balaban J connectivity index is 1.54. The summed E-state index contributed by atoms with van der Waals surface area (Å²) in [5.41, 5.74) is -1.42. The number of ketones is 1. The maximum Gasteiger partial charge on any atom is 0.315 e. The number of carbonyl (C=O) groups is 5. The summed E-state index contributed by atoms with van der Waals surface area (Å²) in [5, 5.41) is 31.3. The molecular formula is C33H52N6O7. The molecule has 4 rings (SSSR count). The van der Waals surface area contributed by atoms with Gasteiger partial charge in [0.15, 0.2) is 11.8 Å². The quantitative estimate of drug-likeness (QED) is 0.200. The van der Waals surface area contributed by atoms with Gasteiger partial charge in [-0.15, -0.1) is 0 Å². The Morgan fingerprint density at radius 3 is 2.02 bits per heavy atom. The van der Waals surface area contributed by atoms with E-state index in [9.17, 15) is 34.2 Å². The summed E-state index contributed by atoms with van der Waals surface area (Å²) in [5.74, 6) is -2.43. The summed E-state index contributed by atoms with van der Waals surface area (Å²) in [4.78, 5) is 68.4. The smallest absolute Gasteiger partial charge is 0.315 e. The summed E-state index contributed by atoms with van der Waals surface area (Å²) in [7, 11) is 1.37. The van der Waals surface area contributed by atoms with Crippen LogP contribution in [0.2, 0.25) is 0 Å². The van der Waals surface area contributed by atoms with Crippen molar-refractivity contribution in [3.05, 3.63) is 12.1 Å². The molecule has 0 bridgehead atoms. The first kappa shape index (κ1) is 35.1. The first-order valence-electron chi connectivity index (χ1n) is 16.2. The molecule has 13 heteroatoms. The topological polar surface area (TPSA) is 182 Å². The molecule has 6 N–H and O–H groups in total. The highest BCUT2D eigenvalue weighted by molar-refractivity contribution is 6.38. The lowest BCUT2D eigenvalue weighted by Crippen LogP contribution is -2.62. The number of aromatic hydroxyl groups is 2. The van der Waals surface area contributed by atoms with Crippen LogP contribution in [0.1, 0.15) is 74.7 Å². The standard InChI is InChI=1S/C33H52N6O7/c1-31(2,3)20(16-38-21(40)12-13-22(38)41)36-30(46)37-26(32(4,5)6)29(45)39-15-18-23(33(18,7)8)24(39)27(43)35-19(14-17-10-11-17)25(42)28(44)34-9/h12-13,17-20,23-24,26,40-41H,10-11,14-16H2,1-9H3,(H,34,44)(H,35,43)(H2,36,37,46)/t18-,19?,20+,23-,24-,26+/m0/s1. The predicted octanol–water partition coefficient (Wildman–Crippen LogP) is 2.11. The van der Waals surface area contributed by atoms with E-state index in [2.05, 4.69) is 35.1 Å². The number of fused-ring (bicyclic) bond motifs is 1. The number of piperidine rings is 1. The third-order valence-corrected chi connectivity index (χ3v) is 10.1. The number of urea groups is 1. The van der Waals surface area contributed by atoms with Crippen LogP contribution in [-0.4, -0.2) is 87.0 Å². The molecule has 2 aliphatic carbocycles. The Morgan fingerprint density at radius 1 is 0.935 bits per heavy atom. The van der Waals surface area contributed by atoms with Crippen molar-refractivity contribution in [2.45, 2.75) is 105 Å². The number of nitrogens with zero attached hydrogens (tertiary/aromatic N) is 2. The number of hydrogen-bond acceptors (Lipinski definition) is 7. The second-order valence-corrected chi connectivity index (χ2v) is 16.1. The third-order valence-electron chi connectivity index (χ3n) is 10.1. The number of carbonyl (C=O) groups excluding carboxylic acids is 5. The lowest BCUT2D eigenvalue weighted by molar-refractivity contribution is -0.145. The Hall–Kier alpha value is -3.77. The lowest BCUT2D eigenvalue weighted by atomic mass is 9.85. The van der Waals surface area contributed by atoms with Gasteiger partial charge in [0.2, 0.25) is 17.6 Å². The Bertz CT molecular complexity index is 1350. The van der Waals surface area contributed by atoms with Gasteiger partial charge in [0, 0.05) is 32.3 Å². The van der Waals surface area contributed by atoms with Crippen LogP contribution < -0.4 is 21.3 Å². The van der Waals surface area contributed by atoms with Crippen LogP contribution in [0.15, 0.2) is 12.1 Å². The minimum absolute atomic E-state index is 0.0744. The summed E-state index contributed by atoms with van der Waals surface area (Å²) in [6.45, 7) is 15.8. The molecule has 0 radical (unpaired) electrons. The van der Waals surface area contributed by atoms with E-state index in [0.717, 1.165) is 12.8 Å². The second-order valence-electron chi connectivity index (χ2n) is 16.1. The predicted molar refractivity (Wildman–Crippen MR) is 171 cm³/mol. The van der Waals surface area contributed by atoms with Crippen LogP contribution in [0.4, 0.5) is 4.79 Å². The number of nitrogens with one attached hydrogen (secondary N) is 4. The van der Waals surface area contributed by atoms with E-state index in [1.807, 2.05) is 41.5 Å². The van der Waals surface area contributed by atoms with Crippen LogP contribution in [0.5, 0.6) is 11.8 Å². The zero-order chi connectivity index (χ0) is 34.5. The van der Waals surface area contributed by atoms with Crippen LogP contribution in [-0.2, 0) is 25.7 Å². The highest BCUT2D eigenvalue weighted by atomic mass is 16.3. The van der Waals surface area contributed by atoms with Crippen molar-refractivity contribution in [1.82, 2.24) is 30.7 Å². The molecule has 0 aromatic carbocycles. The van der Waals surface area contributed by atoms with Gasteiger partial charge in [-0.05, 0) is 40.4 Å². The molecule has 2 heterocycles. The van der Waals surface area contributed by atoms with Gasteiger partial charge < -0.3 is 36.4 Å². The van der Waals surface area contributed by atoms with E-state index in [4.69, 9.17) is 0 Å². The van der Waals surface area contributed by atoms with Gasteiger partial charge in [0.05, 0.1) is 12.1 Å². The Labute approximate surface area is 271 Å². The maximum atomic E-state index is 14.3. The fourth-order valence-corrected chi connectivity index (χ4v) is 6.77. The van der Waals surface area contributed by atoms with E-state index >= 15 is 0 Å². The van der Waals surface area contributed by atoms with Crippen molar-refractivity contribution in [2.24, 2.45) is 34.0 Å². The fraction of sp³-hybridized carbons (Fsp3) is 0.727. The molecule has 1 aromatic rings. The van der Waals surface area contributed by atoms with Gasteiger partial charge in [-0.25, -0.2) is 4.79 Å². The van der Waals surface area contributed by atoms with Crippen LogP contribution >= 0.6 is 0 Å². The van der Waals surface area contributed by atoms with Gasteiger partial charge in [-0.3, -0.25) is 23.7 Å². The summed E-state index contributed by atoms with van der Waals surface area (Å²) in [6, 6.07) is -1.27. The molecule has 1 aromatic heterocycles. The molecule has 2 saturated carbocycles. The number of Topliss-reactive ketones (excluding diaryl/α,β-unsaturated/α-hetero) is 1. The Kier molecular flexibility index (Phi) is 9.49. The molecular weight excluding hydrogens is 592 g/mol. The van der Waals surface area contributed by atoms with Crippen molar-refractivity contribution in [1.29, 1.82) is 0 Å². The number of hydrogen-bond donors (Lipinski definition) is 6. The van der Waals surface area contributed by atoms with Gasteiger partial charge >= 0.3 is 6.03 Å². The third kappa shape index (κ3) is 7.28. The molecule has 256 valence electrons. The van der Waals surface area contributed by atoms with Crippen molar-refractivity contribution in [2.75, 3.05) is 13.6 Å². The van der Waals surface area contributed by atoms with Crippen LogP contribution in [0.3, 0.4) is 0 Å². The number of aromatic nitrogens is 1. The van der Waals surface area contributed by atoms with E-state index in [0.29, 0.717) is 13.0 Å². The number of likely N-dealkylation sites (tertiary alicyclic amines) is 1. The van der Waals surface area contributed by atoms with Crippen molar-refractivity contribution >= 4 is 29.5 Å². The summed E-state index contributed by atoms with van der Waals surface area (Å²) < 4.78 is 1.29. The monoisotopic (exact) mass is 644 g/mol. The highest BCUT2D eigenvalue weighted by Gasteiger charge is 2.70. The zero-order valence-electron chi connectivity index (χ0n) is 28.6. The van der Waals surface area contributed by atoms with Crippen molar-refractivity contribution in [3.63, 3.8) is 0 Å². The molecule has 1 aliphatic heterocycles. The maximum absolute atomic E-state index is 14.3. The second kappa shape index (κ2) is 12.4. The molecule has 1 saturated heterocycles. The van der Waals surface area contributed by atoms with Gasteiger partial charge in [0.25, 0.3) is 5.91 Å². The molecule has 13 nitrogen and oxygen atoms in total. The number of rotatable bonds is 11.